The van der Waals surface area contributed by atoms with Crippen molar-refractivity contribution in [2.45, 2.75) is 96.8 Å². The molecule has 0 fully saturated rings. The molecular weight excluding hydrogens is 303 g/mol. The second-order valence-corrected chi connectivity index (χ2v) is 6.24. The fraction of sp³-hybridized carbons (Fsp3) is 0.889. The molecule has 5 heteroatoms. The van der Waals surface area contributed by atoms with Gasteiger partial charge in [-0.05, 0) is 6.42 Å². The zero-order valence-electron chi connectivity index (χ0n) is 15.1. The first kappa shape index (κ1) is 25.2. The van der Waals surface area contributed by atoms with E-state index in [-0.39, 0.29) is 36.0 Å². The van der Waals surface area contributed by atoms with Gasteiger partial charge >= 0.3 is 35.5 Å². The minimum absolute atomic E-state index is 0. The predicted molar refractivity (Wildman–Crippen MR) is 86.4 cm³/mol. The molecule has 0 aromatic rings. The molecule has 0 heterocycles. The molecule has 0 aromatic carbocycles. The summed E-state index contributed by atoms with van der Waals surface area (Å²) in [6.45, 7) is 2.24. The molecule has 4 nitrogen and oxygen atoms in total. The number of carbonyl (C=O) groups excluding carboxylic acids is 1. The van der Waals surface area contributed by atoms with E-state index in [2.05, 4.69) is 6.92 Å². The standard InChI is InChI=1S/C18H34O4.Na/c1-2-3-4-5-6-7-8-9-10-11-12-13-14-15-16(17(19)20)18(21)22;/h16H,2-15H2,1H3,(H,19,20)(H,21,22);/q;+1/p-1. The van der Waals surface area contributed by atoms with Crippen LogP contribution in [0.25, 0.3) is 0 Å². The molecule has 0 rings (SSSR count). The minimum atomic E-state index is -1.47. The molecule has 1 atom stereocenters. The van der Waals surface area contributed by atoms with Gasteiger partial charge in [-0.15, -0.1) is 0 Å². The molecule has 23 heavy (non-hydrogen) atoms. The third-order valence-electron chi connectivity index (χ3n) is 4.18. The first-order valence-corrected chi connectivity index (χ1v) is 9.03. The zero-order chi connectivity index (χ0) is 16.6. The summed E-state index contributed by atoms with van der Waals surface area (Å²) in [6, 6.07) is 0. The average Bonchev–Trinajstić information content (AvgIpc) is 2.46. The van der Waals surface area contributed by atoms with E-state index in [9.17, 15) is 14.7 Å². The van der Waals surface area contributed by atoms with Crippen molar-refractivity contribution < 1.29 is 49.4 Å². The van der Waals surface area contributed by atoms with E-state index in [0.717, 1.165) is 12.8 Å². The molecule has 1 unspecified atom stereocenters. The third kappa shape index (κ3) is 16.6. The first-order valence-electron chi connectivity index (χ1n) is 9.03. The molecule has 0 aliphatic rings. The van der Waals surface area contributed by atoms with Crippen LogP contribution in [0, 0.1) is 5.92 Å². The van der Waals surface area contributed by atoms with Crippen LogP contribution in [-0.2, 0) is 9.59 Å². The number of carbonyl (C=O) groups is 2. The van der Waals surface area contributed by atoms with Gasteiger partial charge in [-0.2, -0.15) is 0 Å². The van der Waals surface area contributed by atoms with Crippen molar-refractivity contribution in [3.8, 4) is 0 Å². The van der Waals surface area contributed by atoms with Crippen molar-refractivity contribution in [3.63, 3.8) is 0 Å². The van der Waals surface area contributed by atoms with Crippen LogP contribution in [-0.4, -0.2) is 17.0 Å². The molecule has 0 aliphatic carbocycles. The van der Waals surface area contributed by atoms with Crippen molar-refractivity contribution in [1.82, 2.24) is 0 Å². The summed E-state index contributed by atoms with van der Waals surface area (Å²) in [5.41, 5.74) is 0. The van der Waals surface area contributed by atoms with Crippen molar-refractivity contribution in [2.24, 2.45) is 5.92 Å². The largest absolute Gasteiger partial charge is 1.00 e. The van der Waals surface area contributed by atoms with Gasteiger partial charge in [-0.3, -0.25) is 4.79 Å². The summed E-state index contributed by atoms with van der Waals surface area (Å²) < 4.78 is 0. The Morgan fingerprint density at radius 1 is 0.783 bits per heavy atom. The fourth-order valence-corrected chi connectivity index (χ4v) is 2.71. The van der Waals surface area contributed by atoms with E-state index < -0.39 is 17.9 Å². The van der Waals surface area contributed by atoms with Gasteiger partial charge in [0.25, 0.3) is 0 Å². The van der Waals surface area contributed by atoms with E-state index >= 15 is 0 Å². The Morgan fingerprint density at radius 2 is 1.13 bits per heavy atom. The van der Waals surface area contributed by atoms with Crippen molar-refractivity contribution in [3.05, 3.63) is 0 Å². The van der Waals surface area contributed by atoms with Crippen LogP contribution in [0.4, 0.5) is 0 Å². The summed E-state index contributed by atoms with van der Waals surface area (Å²) in [5.74, 6) is -4.09. The predicted octanol–water partition coefficient (Wildman–Crippen LogP) is 0.922. The molecule has 0 aromatic heterocycles. The molecule has 130 valence electrons. The van der Waals surface area contributed by atoms with Gasteiger partial charge in [0.1, 0.15) is 0 Å². The Morgan fingerprint density at radius 3 is 1.43 bits per heavy atom. The van der Waals surface area contributed by atoms with Crippen LogP contribution in [0.2, 0.25) is 0 Å². The first-order chi connectivity index (χ1) is 10.6. The molecule has 0 spiro atoms. The van der Waals surface area contributed by atoms with Gasteiger partial charge in [0.05, 0.1) is 11.9 Å². The van der Waals surface area contributed by atoms with Gasteiger partial charge in [-0.1, -0.05) is 90.4 Å². The van der Waals surface area contributed by atoms with Gasteiger partial charge in [0, 0.05) is 0 Å². The van der Waals surface area contributed by atoms with Crippen LogP contribution in [0.3, 0.4) is 0 Å². The Labute approximate surface area is 163 Å². The monoisotopic (exact) mass is 336 g/mol. The van der Waals surface area contributed by atoms with E-state index in [4.69, 9.17) is 5.11 Å². The number of hydrogen-bond acceptors (Lipinski definition) is 3. The van der Waals surface area contributed by atoms with Crippen LogP contribution in [0.5, 0.6) is 0 Å². The number of hydrogen-bond donors (Lipinski definition) is 1. The number of carboxylic acid groups (broad SMARTS) is 2. The van der Waals surface area contributed by atoms with Gasteiger partial charge in [0.15, 0.2) is 0 Å². The summed E-state index contributed by atoms with van der Waals surface area (Å²) in [6.07, 6.45) is 15.9. The van der Waals surface area contributed by atoms with Crippen molar-refractivity contribution in [2.75, 3.05) is 0 Å². The molecule has 0 saturated heterocycles. The number of rotatable bonds is 16. The zero-order valence-corrected chi connectivity index (χ0v) is 17.1. The second-order valence-electron chi connectivity index (χ2n) is 6.24. The molecule has 0 radical (unpaired) electrons. The second kappa shape index (κ2) is 18.3. The number of aliphatic carboxylic acids is 2. The van der Waals surface area contributed by atoms with Crippen molar-refractivity contribution >= 4 is 11.9 Å². The normalized spacial score (nSPS) is 11.7. The van der Waals surface area contributed by atoms with E-state index in [1.165, 1.54) is 64.2 Å². The Balaban J connectivity index is 0. The maximum Gasteiger partial charge on any atom is 1.00 e. The molecule has 1 N–H and O–H groups in total. The molecule has 0 saturated carbocycles. The van der Waals surface area contributed by atoms with Crippen LogP contribution in [0.15, 0.2) is 0 Å². The molecule has 0 bridgehead atoms. The summed E-state index contributed by atoms with van der Waals surface area (Å²) >= 11 is 0. The maximum absolute atomic E-state index is 10.7. The molecular formula is C18H33NaO4. The molecule has 0 amide bonds. The minimum Gasteiger partial charge on any atom is -0.549 e. The number of unbranched alkanes of at least 4 members (excludes halogenated alkanes) is 12. The topological polar surface area (TPSA) is 77.4 Å². The Bertz CT molecular complexity index is 281. The smallest absolute Gasteiger partial charge is 0.549 e. The average molecular weight is 336 g/mol. The summed E-state index contributed by atoms with van der Waals surface area (Å²) in [7, 11) is 0. The van der Waals surface area contributed by atoms with E-state index in [0.29, 0.717) is 6.42 Å². The summed E-state index contributed by atoms with van der Waals surface area (Å²) in [5, 5.41) is 19.3. The van der Waals surface area contributed by atoms with Gasteiger partial charge in [0.2, 0.25) is 0 Å². The van der Waals surface area contributed by atoms with E-state index in [1.807, 2.05) is 0 Å². The number of carboxylic acids is 2. The third-order valence-corrected chi connectivity index (χ3v) is 4.18. The van der Waals surface area contributed by atoms with Crippen LogP contribution in [0.1, 0.15) is 96.8 Å². The maximum atomic E-state index is 10.7. The fourth-order valence-electron chi connectivity index (χ4n) is 2.71. The van der Waals surface area contributed by atoms with Crippen LogP contribution < -0.4 is 34.7 Å². The Kier molecular flexibility index (Phi) is 20.0. The summed E-state index contributed by atoms with van der Waals surface area (Å²) in [4.78, 5) is 21.3. The van der Waals surface area contributed by atoms with Gasteiger partial charge in [-0.25, -0.2) is 0 Å². The quantitative estimate of drug-likeness (QED) is 0.258. The van der Waals surface area contributed by atoms with E-state index in [1.54, 1.807) is 0 Å². The Hall–Kier alpha value is -0.0600. The SMILES string of the molecule is CCCCCCCCCCCCCCCC(C(=O)[O-])C(=O)O.[Na+]. The molecule has 0 aliphatic heterocycles. The van der Waals surface area contributed by atoms with Crippen molar-refractivity contribution in [1.29, 1.82) is 0 Å². The van der Waals surface area contributed by atoms with Gasteiger partial charge < -0.3 is 15.0 Å². The van der Waals surface area contributed by atoms with Crippen LogP contribution >= 0.6 is 0 Å².